The predicted molar refractivity (Wildman–Crippen MR) is 104 cm³/mol. The van der Waals surface area contributed by atoms with Crippen LogP contribution in [0.4, 0.5) is 4.39 Å². The second kappa shape index (κ2) is 8.39. The summed E-state index contributed by atoms with van der Waals surface area (Å²) in [5.41, 5.74) is 1.04. The molecule has 0 aliphatic carbocycles. The summed E-state index contributed by atoms with van der Waals surface area (Å²) in [6.45, 7) is 1.84. The van der Waals surface area contributed by atoms with Crippen molar-refractivity contribution in [2.24, 2.45) is 0 Å². The summed E-state index contributed by atoms with van der Waals surface area (Å²) < 4.78 is 43.8. The van der Waals surface area contributed by atoms with Gasteiger partial charge in [-0.05, 0) is 30.7 Å². The fraction of sp³-hybridized carbons (Fsp3) is 0.190. The second-order valence-corrected chi connectivity index (χ2v) is 8.56. The molecular weight excluding hydrogens is 381 g/mol. The van der Waals surface area contributed by atoms with E-state index in [0.717, 1.165) is 5.56 Å². The zero-order chi connectivity index (χ0) is 20.1. The summed E-state index contributed by atoms with van der Waals surface area (Å²) in [4.78, 5) is 12.3. The van der Waals surface area contributed by atoms with Gasteiger partial charge in [-0.25, -0.2) is 12.8 Å². The van der Waals surface area contributed by atoms with Gasteiger partial charge in [0.25, 0.3) is 5.91 Å². The highest BCUT2D eigenvalue weighted by molar-refractivity contribution is 7.89. The van der Waals surface area contributed by atoms with Crippen molar-refractivity contribution in [3.63, 3.8) is 0 Å². The minimum absolute atomic E-state index is 0.0267. The molecule has 3 aromatic rings. The van der Waals surface area contributed by atoms with E-state index in [9.17, 15) is 17.6 Å². The van der Waals surface area contributed by atoms with E-state index in [4.69, 9.17) is 4.42 Å². The maximum absolute atomic E-state index is 13.7. The lowest BCUT2D eigenvalue weighted by Gasteiger charge is -2.13. The maximum atomic E-state index is 13.7. The van der Waals surface area contributed by atoms with Gasteiger partial charge in [0.1, 0.15) is 17.3 Å². The number of hydrogen-bond acceptors (Lipinski definition) is 4. The first-order valence-corrected chi connectivity index (χ1v) is 10.5. The number of halogens is 1. The number of carbonyl (C=O) groups excluding carboxylic acids is 1. The normalized spacial score (nSPS) is 12.5. The van der Waals surface area contributed by atoms with Crippen LogP contribution in [-0.4, -0.2) is 14.3 Å². The third-order valence-corrected chi connectivity index (χ3v) is 5.70. The number of nitrogens with one attached hydrogen (secondary N) is 1. The number of furan rings is 1. The largest absolute Gasteiger partial charge is 0.455 e. The number of carbonyl (C=O) groups is 1. The summed E-state index contributed by atoms with van der Waals surface area (Å²) in [6.07, 6.45) is 0. The lowest BCUT2D eigenvalue weighted by Crippen LogP contribution is -2.26. The van der Waals surface area contributed by atoms with E-state index in [1.165, 1.54) is 30.3 Å². The van der Waals surface area contributed by atoms with Gasteiger partial charge < -0.3 is 9.73 Å². The highest BCUT2D eigenvalue weighted by atomic mass is 32.2. The monoisotopic (exact) mass is 401 g/mol. The molecule has 0 fully saturated rings. The highest BCUT2D eigenvalue weighted by Gasteiger charge is 2.20. The van der Waals surface area contributed by atoms with Crippen LogP contribution >= 0.6 is 0 Å². The van der Waals surface area contributed by atoms with Gasteiger partial charge in [-0.15, -0.1) is 0 Å². The minimum atomic E-state index is -3.65. The quantitative estimate of drug-likeness (QED) is 0.649. The fourth-order valence-corrected chi connectivity index (χ4v) is 4.19. The van der Waals surface area contributed by atoms with Gasteiger partial charge in [0, 0.05) is 5.56 Å². The number of sulfone groups is 1. The Morgan fingerprint density at radius 3 is 2.39 bits per heavy atom. The number of amides is 1. The Morgan fingerprint density at radius 2 is 1.68 bits per heavy atom. The Morgan fingerprint density at radius 1 is 1.00 bits per heavy atom. The minimum Gasteiger partial charge on any atom is -0.455 e. The van der Waals surface area contributed by atoms with Crippen LogP contribution in [-0.2, 0) is 21.3 Å². The van der Waals surface area contributed by atoms with Crippen LogP contribution in [0.3, 0.4) is 0 Å². The molecule has 1 atom stereocenters. The topological polar surface area (TPSA) is 76.4 Å². The first kappa shape index (κ1) is 19.8. The Balaban J connectivity index is 1.65. The first-order chi connectivity index (χ1) is 13.3. The third-order valence-electron chi connectivity index (χ3n) is 4.23. The Hall–Kier alpha value is -2.93. The highest BCUT2D eigenvalue weighted by Crippen LogP contribution is 2.18. The molecule has 3 rings (SSSR count). The van der Waals surface area contributed by atoms with Crippen LogP contribution < -0.4 is 5.32 Å². The molecule has 0 radical (unpaired) electrons. The summed E-state index contributed by atoms with van der Waals surface area (Å²) in [6, 6.07) is 17.8. The molecule has 5 nitrogen and oxygen atoms in total. The standard InChI is InChI=1S/C21H20FNO4S/c1-15(16-7-3-2-4-8-16)23-21(24)20-12-11-18(27-20)14-28(25,26)13-17-9-5-6-10-19(17)22/h2-12,15H,13-14H2,1H3,(H,23,24). The summed E-state index contributed by atoms with van der Waals surface area (Å²) in [5, 5.41) is 2.80. The summed E-state index contributed by atoms with van der Waals surface area (Å²) >= 11 is 0. The van der Waals surface area contributed by atoms with E-state index in [-0.39, 0.29) is 23.1 Å². The molecule has 2 aromatic carbocycles. The van der Waals surface area contributed by atoms with Crippen LogP contribution in [0.2, 0.25) is 0 Å². The zero-order valence-corrected chi connectivity index (χ0v) is 16.1. The molecule has 1 amide bonds. The van der Waals surface area contributed by atoms with Crippen molar-refractivity contribution >= 4 is 15.7 Å². The molecule has 1 unspecified atom stereocenters. The van der Waals surface area contributed by atoms with Crippen LogP contribution in [0.1, 0.15) is 40.4 Å². The van der Waals surface area contributed by atoms with Crippen molar-refractivity contribution in [3.05, 3.63) is 95.2 Å². The van der Waals surface area contributed by atoms with Crippen LogP contribution in [0.15, 0.2) is 71.1 Å². The second-order valence-electron chi connectivity index (χ2n) is 6.50. The molecule has 1 N–H and O–H groups in total. The average Bonchev–Trinajstić information content (AvgIpc) is 3.12. The summed E-state index contributed by atoms with van der Waals surface area (Å²) in [7, 11) is -3.65. The first-order valence-electron chi connectivity index (χ1n) is 8.72. The molecule has 28 heavy (non-hydrogen) atoms. The molecule has 1 aromatic heterocycles. The van der Waals surface area contributed by atoms with Crippen molar-refractivity contribution in [1.29, 1.82) is 0 Å². The molecule has 0 aliphatic heterocycles. The van der Waals surface area contributed by atoms with E-state index < -0.39 is 33.1 Å². The van der Waals surface area contributed by atoms with Gasteiger partial charge in [-0.3, -0.25) is 4.79 Å². The molecule has 0 saturated carbocycles. The van der Waals surface area contributed by atoms with Gasteiger partial charge in [0.05, 0.1) is 11.8 Å². The number of rotatable bonds is 7. The maximum Gasteiger partial charge on any atom is 0.287 e. The molecule has 0 spiro atoms. The van der Waals surface area contributed by atoms with Crippen LogP contribution in [0.5, 0.6) is 0 Å². The number of benzene rings is 2. The molecule has 146 valence electrons. The van der Waals surface area contributed by atoms with Crippen molar-refractivity contribution in [2.45, 2.75) is 24.5 Å². The molecular formula is C21H20FNO4S. The van der Waals surface area contributed by atoms with Crippen LogP contribution in [0, 0.1) is 5.82 Å². The Labute approximate surface area is 163 Å². The fourth-order valence-electron chi connectivity index (χ4n) is 2.79. The average molecular weight is 401 g/mol. The predicted octanol–water partition coefficient (Wildman–Crippen LogP) is 4.02. The van der Waals surface area contributed by atoms with E-state index in [2.05, 4.69) is 5.32 Å². The van der Waals surface area contributed by atoms with Crippen molar-refractivity contribution in [1.82, 2.24) is 5.32 Å². The van der Waals surface area contributed by atoms with E-state index >= 15 is 0 Å². The number of hydrogen-bond donors (Lipinski definition) is 1. The Bertz CT molecular complexity index is 1060. The van der Waals surface area contributed by atoms with Gasteiger partial charge in [-0.2, -0.15) is 0 Å². The third kappa shape index (κ3) is 5.07. The molecule has 0 bridgehead atoms. The zero-order valence-electron chi connectivity index (χ0n) is 15.3. The van der Waals surface area contributed by atoms with Gasteiger partial charge >= 0.3 is 0 Å². The van der Waals surface area contributed by atoms with E-state index in [1.807, 2.05) is 37.3 Å². The molecule has 0 saturated heterocycles. The van der Waals surface area contributed by atoms with E-state index in [1.54, 1.807) is 6.07 Å². The summed E-state index contributed by atoms with van der Waals surface area (Å²) in [5.74, 6) is -1.70. The smallest absolute Gasteiger partial charge is 0.287 e. The van der Waals surface area contributed by atoms with Gasteiger partial charge in [0.15, 0.2) is 15.6 Å². The molecule has 1 heterocycles. The van der Waals surface area contributed by atoms with Crippen LogP contribution in [0.25, 0.3) is 0 Å². The Kier molecular flexibility index (Phi) is 5.94. The van der Waals surface area contributed by atoms with Crippen molar-refractivity contribution < 1.29 is 22.0 Å². The van der Waals surface area contributed by atoms with E-state index in [0.29, 0.717) is 0 Å². The lowest BCUT2D eigenvalue weighted by atomic mass is 10.1. The SMILES string of the molecule is CC(NC(=O)c1ccc(CS(=O)(=O)Cc2ccccc2F)o1)c1ccccc1. The van der Waals surface area contributed by atoms with Gasteiger partial charge in [0.2, 0.25) is 0 Å². The van der Waals surface area contributed by atoms with Crippen molar-refractivity contribution in [3.8, 4) is 0 Å². The molecule has 7 heteroatoms. The molecule has 0 aliphatic rings. The van der Waals surface area contributed by atoms with Gasteiger partial charge in [-0.1, -0.05) is 48.5 Å². The lowest BCUT2D eigenvalue weighted by molar-refractivity contribution is 0.0910. The van der Waals surface area contributed by atoms with Crippen molar-refractivity contribution in [2.75, 3.05) is 0 Å².